The predicted molar refractivity (Wildman–Crippen MR) is 34.0 cm³/mol. The summed E-state index contributed by atoms with van der Waals surface area (Å²) in [6.45, 7) is 0. The van der Waals surface area contributed by atoms with Crippen LogP contribution >= 0.6 is 0 Å². The van der Waals surface area contributed by atoms with Crippen molar-refractivity contribution in [2.24, 2.45) is 0 Å². The summed E-state index contributed by atoms with van der Waals surface area (Å²) < 4.78 is 34.4. The van der Waals surface area contributed by atoms with Crippen LogP contribution in [0, 0.1) is 0 Å². The fourth-order valence-corrected chi connectivity index (χ4v) is 0.574. The molecule has 0 bridgehead atoms. The van der Waals surface area contributed by atoms with E-state index < -0.39 is 12.6 Å². The van der Waals surface area contributed by atoms with Gasteiger partial charge < -0.3 is 5.32 Å². The molecule has 0 fully saturated rings. The number of alkyl halides is 3. The zero-order valence-corrected chi connectivity index (χ0v) is 6.16. The molecule has 0 saturated carbocycles. The van der Waals surface area contributed by atoms with Gasteiger partial charge >= 0.3 is 6.18 Å². The van der Waals surface area contributed by atoms with Crippen molar-refractivity contribution in [2.45, 2.75) is 25.4 Å². The molecule has 0 aromatic rings. The van der Waals surface area contributed by atoms with Crippen LogP contribution in [0.3, 0.4) is 0 Å². The van der Waals surface area contributed by atoms with Crippen LogP contribution in [0.5, 0.6) is 0 Å². The average molecular weight is 169 g/mol. The maximum absolute atomic E-state index is 11.5. The van der Waals surface area contributed by atoms with Crippen molar-refractivity contribution in [3.8, 4) is 0 Å². The first-order valence-electron chi connectivity index (χ1n) is 3.23. The minimum Gasteiger partial charge on any atom is -0.359 e. The molecule has 11 heavy (non-hydrogen) atoms. The van der Waals surface area contributed by atoms with Gasteiger partial charge in [-0.3, -0.25) is 4.79 Å². The maximum atomic E-state index is 11.5. The Balaban J connectivity index is 3.35. The molecule has 0 aromatic carbocycles. The van der Waals surface area contributed by atoms with Crippen LogP contribution in [0.4, 0.5) is 13.2 Å². The van der Waals surface area contributed by atoms with Gasteiger partial charge in [0, 0.05) is 19.9 Å². The highest BCUT2D eigenvalue weighted by atomic mass is 19.4. The molecule has 0 radical (unpaired) electrons. The molecule has 0 aliphatic carbocycles. The number of nitrogens with one attached hydrogen (secondary N) is 1. The summed E-state index contributed by atoms with van der Waals surface area (Å²) in [5.74, 6) is -0.353. The summed E-state index contributed by atoms with van der Waals surface area (Å²) in [6, 6.07) is 0. The van der Waals surface area contributed by atoms with Gasteiger partial charge in [0.15, 0.2) is 0 Å². The number of rotatable bonds is 3. The van der Waals surface area contributed by atoms with Gasteiger partial charge in [0.05, 0.1) is 0 Å². The van der Waals surface area contributed by atoms with Crippen LogP contribution < -0.4 is 5.32 Å². The Labute approximate surface area is 62.8 Å². The average Bonchev–Trinajstić information content (AvgIpc) is 1.85. The molecule has 1 amide bonds. The van der Waals surface area contributed by atoms with Gasteiger partial charge in [-0.05, 0) is 6.42 Å². The van der Waals surface area contributed by atoms with E-state index in [4.69, 9.17) is 0 Å². The summed E-state index contributed by atoms with van der Waals surface area (Å²) in [6.07, 6.45) is -5.23. The summed E-state index contributed by atoms with van der Waals surface area (Å²) >= 11 is 0. The Bertz CT molecular complexity index is 132. The minimum atomic E-state index is -4.14. The van der Waals surface area contributed by atoms with Crippen LogP contribution in [0.2, 0.25) is 0 Å². The van der Waals surface area contributed by atoms with Gasteiger partial charge in [-0.25, -0.2) is 0 Å². The van der Waals surface area contributed by atoms with Crippen molar-refractivity contribution in [3.63, 3.8) is 0 Å². The van der Waals surface area contributed by atoms with E-state index >= 15 is 0 Å². The maximum Gasteiger partial charge on any atom is 0.389 e. The third-order valence-electron chi connectivity index (χ3n) is 1.14. The van der Waals surface area contributed by atoms with Crippen LogP contribution in [-0.2, 0) is 4.79 Å². The smallest absolute Gasteiger partial charge is 0.359 e. The van der Waals surface area contributed by atoms with Crippen molar-refractivity contribution in [1.29, 1.82) is 0 Å². The summed E-state index contributed by atoms with van der Waals surface area (Å²) in [4.78, 5) is 10.4. The van der Waals surface area contributed by atoms with E-state index in [9.17, 15) is 18.0 Å². The lowest BCUT2D eigenvalue weighted by molar-refractivity contribution is -0.137. The van der Waals surface area contributed by atoms with Gasteiger partial charge in [0.25, 0.3) is 0 Å². The molecule has 0 unspecified atom stereocenters. The molecule has 0 saturated heterocycles. The van der Waals surface area contributed by atoms with Crippen LogP contribution in [0.1, 0.15) is 19.3 Å². The van der Waals surface area contributed by atoms with E-state index in [-0.39, 0.29) is 18.7 Å². The lowest BCUT2D eigenvalue weighted by atomic mass is 10.2. The van der Waals surface area contributed by atoms with E-state index in [1.807, 2.05) is 0 Å². The van der Waals surface area contributed by atoms with Crippen molar-refractivity contribution in [3.05, 3.63) is 0 Å². The molecular formula is C6H10F3NO. The molecule has 0 aliphatic rings. The molecule has 2 nitrogen and oxygen atoms in total. The Morgan fingerprint density at radius 1 is 1.45 bits per heavy atom. The topological polar surface area (TPSA) is 29.1 Å². The molecule has 0 spiro atoms. The monoisotopic (exact) mass is 169 g/mol. The van der Waals surface area contributed by atoms with Gasteiger partial charge in [-0.1, -0.05) is 0 Å². The first kappa shape index (κ1) is 10.3. The molecule has 0 atom stereocenters. The van der Waals surface area contributed by atoms with Gasteiger partial charge in [-0.2, -0.15) is 13.2 Å². The van der Waals surface area contributed by atoms with Crippen LogP contribution in [0.25, 0.3) is 0 Å². The second-order valence-electron chi connectivity index (χ2n) is 2.14. The molecule has 0 rings (SSSR count). The number of hydrogen-bond donors (Lipinski definition) is 1. The zero-order valence-electron chi connectivity index (χ0n) is 6.16. The first-order chi connectivity index (χ1) is 4.95. The SMILES string of the molecule is CNC(=O)CCCC(F)(F)F. The van der Waals surface area contributed by atoms with Gasteiger partial charge in [-0.15, -0.1) is 0 Å². The highest BCUT2D eigenvalue weighted by Gasteiger charge is 2.26. The van der Waals surface area contributed by atoms with E-state index in [1.165, 1.54) is 7.05 Å². The highest BCUT2D eigenvalue weighted by molar-refractivity contribution is 5.75. The Hall–Kier alpha value is -0.740. The second-order valence-corrected chi connectivity index (χ2v) is 2.14. The molecule has 0 aromatic heterocycles. The third kappa shape index (κ3) is 7.15. The van der Waals surface area contributed by atoms with E-state index in [2.05, 4.69) is 5.32 Å². The molecule has 5 heteroatoms. The number of carbonyl (C=O) groups is 1. The Morgan fingerprint density at radius 3 is 2.36 bits per heavy atom. The molecule has 1 N–H and O–H groups in total. The minimum absolute atomic E-state index is 0.0595. The molecular weight excluding hydrogens is 159 g/mol. The Kier molecular flexibility index (Phi) is 3.92. The quantitative estimate of drug-likeness (QED) is 0.680. The predicted octanol–water partition coefficient (Wildman–Crippen LogP) is 1.47. The Morgan fingerprint density at radius 2 is 2.00 bits per heavy atom. The number of halogens is 3. The third-order valence-corrected chi connectivity index (χ3v) is 1.14. The first-order valence-corrected chi connectivity index (χ1v) is 3.23. The highest BCUT2D eigenvalue weighted by Crippen LogP contribution is 2.21. The van der Waals surface area contributed by atoms with E-state index in [0.717, 1.165) is 0 Å². The molecule has 0 aliphatic heterocycles. The van der Waals surface area contributed by atoms with Gasteiger partial charge in [0.1, 0.15) is 0 Å². The number of carbonyl (C=O) groups excluding carboxylic acids is 1. The fraction of sp³-hybridized carbons (Fsp3) is 0.833. The van der Waals surface area contributed by atoms with Crippen molar-refractivity contribution in [2.75, 3.05) is 7.05 Å². The van der Waals surface area contributed by atoms with E-state index in [1.54, 1.807) is 0 Å². The molecule has 0 heterocycles. The fourth-order valence-electron chi connectivity index (χ4n) is 0.574. The summed E-state index contributed by atoms with van der Waals surface area (Å²) in [5.41, 5.74) is 0. The van der Waals surface area contributed by atoms with Crippen LogP contribution in [-0.4, -0.2) is 19.1 Å². The summed E-state index contributed by atoms with van der Waals surface area (Å²) in [5, 5.41) is 2.24. The second kappa shape index (κ2) is 4.20. The number of hydrogen-bond acceptors (Lipinski definition) is 1. The van der Waals surface area contributed by atoms with Crippen LogP contribution in [0.15, 0.2) is 0 Å². The van der Waals surface area contributed by atoms with Crippen molar-refractivity contribution >= 4 is 5.91 Å². The standard InChI is InChI=1S/C6H10F3NO/c1-10-5(11)3-2-4-6(7,8)9/h2-4H2,1H3,(H,10,11). The van der Waals surface area contributed by atoms with Crippen molar-refractivity contribution < 1.29 is 18.0 Å². The van der Waals surface area contributed by atoms with Gasteiger partial charge in [0.2, 0.25) is 5.91 Å². The summed E-state index contributed by atoms with van der Waals surface area (Å²) in [7, 11) is 1.40. The molecule has 66 valence electrons. The zero-order chi connectivity index (χ0) is 8.91. The lowest BCUT2D eigenvalue weighted by Crippen LogP contribution is -2.18. The van der Waals surface area contributed by atoms with Crippen molar-refractivity contribution in [1.82, 2.24) is 5.32 Å². The number of amides is 1. The van der Waals surface area contributed by atoms with E-state index in [0.29, 0.717) is 0 Å². The largest absolute Gasteiger partial charge is 0.389 e. The lowest BCUT2D eigenvalue weighted by Gasteiger charge is -2.04. The normalized spacial score (nSPS) is 11.3.